The topological polar surface area (TPSA) is 64.1 Å². The number of nitrogens with one attached hydrogen (secondary N) is 1. The lowest BCUT2D eigenvalue weighted by Gasteiger charge is -2.16. The summed E-state index contributed by atoms with van der Waals surface area (Å²) in [5.41, 5.74) is 0.783. The molecule has 2 aromatic rings. The summed E-state index contributed by atoms with van der Waals surface area (Å²) < 4.78 is 4.79. The first-order chi connectivity index (χ1) is 9.20. The van der Waals surface area contributed by atoms with Crippen molar-refractivity contribution in [1.82, 2.24) is 10.2 Å². The highest BCUT2D eigenvalue weighted by Gasteiger charge is 2.21. The highest BCUT2D eigenvalue weighted by atomic mass is 35.5. The molecule has 0 aliphatic carbocycles. The molecule has 1 aromatic carbocycles. The van der Waals surface area contributed by atoms with Crippen LogP contribution in [0.15, 0.2) is 42.5 Å². The minimum Gasteiger partial charge on any atom is -0.467 e. The number of carbonyl (C=O) groups excluding carboxylic acids is 1. The Balaban J connectivity index is 2.24. The molecule has 1 atom stereocenters. The van der Waals surface area contributed by atoms with Crippen molar-refractivity contribution >= 4 is 23.4 Å². The molecule has 0 aliphatic heterocycles. The van der Waals surface area contributed by atoms with Crippen LogP contribution in [0.5, 0.6) is 0 Å². The van der Waals surface area contributed by atoms with E-state index in [-0.39, 0.29) is 0 Å². The molecular formula is C13H12ClN3O2. The van der Waals surface area contributed by atoms with Crippen LogP contribution in [-0.2, 0) is 9.53 Å². The van der Waals surface area contributed by atoms with Crippen LogP contribution in [0, 0.1) is 0 Å². The quantitative estimate of drug-likeness (QED) is 0.870. The van der Waals surface area contributed by atoms with Crippen LogP contribution >= 0.6 is 11.6 Å². The second-order valence-corrected chi connectivity index (χ2v) is 4.14. The summed E-state index contributed by atoms with van der Waals surface area (Å²) in [6, 6.07) is 11.8. The minimum atomic E-state index is -0.637. The molecule has 0 aliphatic rings. The molecule has 0 amide bonds. The zero-order chi connectivity index (χ0) is 13.7. The fourth-order valence-corrected chi connectivity index (χ4v) is 1.68. The van der Waals surface area contributed by atoms with Crippen LogP contribution < -0.4 is 5.32 Å². The zero-order valence-corrected chi connectivity index (χ0v) is 11.0. The van der Waals surface area contributed by atoms with Gasteiger partial charge in [0.25, 0.3) is 0 Å². The van der Waals surface area contributed by atoms with Gasteiger partial charge in [0.05, 0.1) is 7.11 Å². The third-order valence-corrected chi connectivity index (χ3v) is 2.70. The van der Waals surface area contributed by atoms with E-state index in [1.165, 1.54) is 7.11 Å². The molecule has 0 bridgehead atoms. The monoisotopic (exact) mass is 277 g/mol. The number of aromatic nitrogens is 2. The van der Waals surface area contributed by atoms with Crippen LogP contribution in [-0.4, -0.2) is 23.3 Å². The van der Waals surface area contributed by atoms with Gasteiger partial charge in [-0.05, 0) is 17.7 Å². The molecule has 1 heterocycles. The lowest BCUT2D eigenvalue weighted by atomic mass is 10.1. The van der Waals surface area contributed by atoms with Gasteiger partial charge >= 0.3 is 5.97 Å². The molecule has 6 heteroatoms. The SMILES string of the molecule is COC(=O)C(Nc1ccc(Cl)nn1)c1ccccc1. The van der Waals surface area contributed by atoms with Gasteiger partial charge in [-0.15, -0.1) is 10.2 Å². The largest absolute Gasteiger partial charge is 0.467 e. The van der Waals surface area contributed by atoms with E-state index >= 15 is 0 Å². The van der Waals surface area contributed by atoms with Crippen molar-refractivity contribution in [3.63, 3.8) is 0 Å². The average Bonchev–Trinajstić information content (AvgIpc) is 2.47. The van der Waals surface area contributed by atoms with Gasteiger partial charge in [0.15, 0.2) is 11.2 Å². The Kier molecular flexibility index (Phi) is 4.30. The molecule has 5 nitrogen and oxygen atoms in total. The molecule has 19 heavy (non-hydrogen) atoms. The predicted molar refractivity (Wildman–Crippen MR) is 71.9 cm³/mol. The molecule has 1 unspecified atom stereocenters. The fourth-order valence-electron chi connectivity index (χ4n) is 1.58. The first-order valence-electron chi connectivity index (χ1n) is 5.59. The van der Waals surface area contributed by atoms with Crippen molar-refractivity contribution < 1.29 is 9.53 Å². The number of nitrogens with zero attached hydrogens (tertiary/aromatic N) is 2. The Hall–Kier alpha value is -2.14. The van der Waals surface area contributed by atoms with E-state index in [0.717, 1.165) is 5.56 Å². The summed E-state index contributed by atoms with van der Waals surface area (Å²) in [6.45, 7) is 0. The van der Waals surface area contributed by atoms with Crippen molar-refractivity contribution in [1.29, 1.82) is 0 Å². The van der Waals surface area contributed by atoms with Gasteiger partial charge in [-0.3, -0.25) is 0 Å². The Morgan fingerprint density at radius 1 is 1.21 bits per heavy atom. The van der Waals surface area contributed by atoms with Gasteiger partial charge in [-0.2, -0.15) is 0 Å². The third-order valence-electron chi connectivity index (χ3n) is 2.49. The summed E-state index contributed by atoms with van der Waals surface area (Å²) in [5, 5.41) is 10.8. The number of hydrogen-bond donors (Lipinski definition) is 1. The van der Waals surface area contributed by atoms with Gasteiger partial charge in [-0.1, -0.05) is 41.9 Å². The smallest absolute Gasteiger partial charge is 0.333 e. The lowest BCUT2D eigenvalue weighted by molar-refractivity contribution is -0.141. The molecule has 0 saturated heterocycles. The highest BCUT2D eigenvalue weighted by Crippen LogP contribution is 2.19. The summed E-state index contributed by atoms with van der Waals surface area (Å²) in [7, 11) is 1.34. The van der Waals surface area contributed by atoms with E-state index in [1.54, 1.807) is 12.1 Å². The number of benzene rings is 1. The number of halogens is 1. The normalized spacial score (nSPS) is 11.7. The maximum atomic E-state index is 11.8. The minimum absolute atomic E-state index is 0.292. The van der Waals surface area contributed by atoms with E-state index in [9.17, 15) is 4.79 Å². The lowest BCUT2D eigenvalue weighted by Crippen LogP contribution is -2.22. The number of ether oxygens (including phenoxy) is 1. The molecule has 0 spiro atoms. The zero-order valence-electron chi connectivity index (χ0n) is 10.2. The molecule has 1 aromatic heterocycles. The van der Waals surface area contributed by atoms with E-state index in [1.807, 2.05) is 30.3 Å². The third kappa shape index (κ3) is 3.42. The van der Waals surface area contributed by atoms with E-state index in [2.05, 4.69) is 15.5 Å². The Morgan fingerprint density at radius 3 is 2.53 bits per heavy atom. The number of hydrogen-bond acceptors (Lipinski definition) is 5. The van der Waals surface area contributed by atoms with Crippen molar-refractivity contribution in [2.45, 2.75) is 6.04 Å². The number of esters is 1. The van der Waals surface area contributed by atoms with Crippen LogP contribution in [0.2, 0.25) is 5.15 Å². The van der Waals surface area contributed by atoms with Crippen LogP contribution in [0.1, 0.15) is 11.6 Å². The first kappa shape index (κ1) is 13.3. The number of carbonyl (C=O) groups is 1. The summed E-state index contributed by atoms with van der Waals surface area (Å²) in [5.74, 6) is 0.0478. The number of anilines is 1. The maximum absolute atomic E-state index is 11.8. The highest BCUT2D eigenvalue weighted by molar-refractivity contribution is 6.29. The second-order valence-electron chi connectivity index (χ2n) is 3.75. The predicted octanol–water partition coefficient (Wildman–Crippen LogP) is 2.46. The van der Waals surface area contributed by atoms with E-state index in [4.69, 9.17) is 16.3 Å². The molecule has 1 N–H and O–H groups in total. The van der Waals surface area contributed by atoms with Gasteiger partial charge < -0.3 is 10.1 Å². The molecule has 0 fully saturated rings. The maximum Gasteiger partial charge on any atom is 0.333 e. The van der Waals surface area contributed by atoms with Gasteiger partial charge in [0.1, 0.15) is 5.82 Å². The standard InChI is InChI=1S/C13H12ClN3O2/c1-19-13(18)12(9-5-3-2-4-6-9)15-11-8-7-10(14)16-17-11/h2-8,12H,1H3,(H,15,17). The van der Waals surface area contributed by atoms with Crippen LogP contribution in [0.3, 0.4) is 0 Å². The Labute approximate surface area is 115 Å². The van der Waals surface area contributed by atoms with Gasteiger partial charge in [-0.25, -0.2) is 4.79 Å². The van der Waals surface area contributed by atoms with E-state index < -0.39 is 12.0 Å². The van der Waals surface area contributed by atoms with Crippen molar-refractivity contribution in [3.05, 3.63) is 53.2 Å². The Morgan fingerprint density at radius 2 is 1.95 bits per heavy atom. The molecule has 98 valence electrons. The summed E-state index contributed by atoms with van der Waals surface area (Å²) >= 11 is 5.66. The second kappa shape index (κ2) is 6.15. The van der Waals surface area contributed by atoms with Crippen molar-refractivity contribution in [3.8, 4) is 0 Å². The summed E-state index contributed by atoms with van der Waals surface area (Å²) in [6.07, 6.45) is 0. The first-order valence-corrected chi connectivity index (χ1v) is 5.97. The van der Waals surface area contributed by atoms with Gasteiger partial charge in [0, 0.05) is 0 Å². The molecule has 2 rings (SSSR count). The van der Waals surface area contributed by atoms with Gasteiger partial charge in [0.2, 0.25) is 0 Å². The van der Waals surface area contributed by atoms with Crippen molar-refractivity contribution in [2.75, 3.05) is 12.4 Å². The fraction of sp³-hybridized carbons (Fsp3) is 0.154. The summed E-state index contributed by atoms with van der Waals surface area (Å²) in [4.78, 5) is 11.8. The van der Waals surface area contributed by atoms with Crippen molar-refractivity contribution in [2.24, 2.45) is 0 Å². The van der Waals surface area contributed by atoms with Crippen LogP contribution in [0.25, 0.3) is 0 Å². The number of methoxy groups -OCH3 is 1. The molecular weight excluding hydrogens is 266 g/mol. The number of rotatable bonds is 4. The Bertz CT molecular complexity index is 546. The van der Waals surface area contributed by atoms with E-state index in [0.29, 0.717) is 11.0 Å². The average molecular weight is 278 g/mol. The molecule has 0 saturated carbocycles. The molecule has 0 radical (unpaired) electrons. The van der Waals surface area contributed by atoms with Crippen LogP contribution in [0.4, 0.5) is 5.82 Å².